The van der Waals surface area contributed by atoms with Crippen LogP contribution in [0.15, 0.2) is 24.3 Å². The molecule has 2 aliphatic carbocycles. The molecule has 2 aliphatic rings. The summed E-state index contributed by atoms with van der Waals surface area (Å²) in [7, 11) is 0. The molecule has 1 amide bonds. The van der Waals surface area contributed by atoms with Crippen molar-refractivity contribution < 1.29 is 9.59 Å². The van der Waals surface area contributed by atoms with E-state index < -0.39 is 0 Å². The normalized spacial score (nSPS) is 28.4. The fourth-order valence-corrected chi connectivity index (χ4v) is 3.42. The van der Waals surface area contributed by atoms with E-state index in [4.69, 9.17) is 0 Å². The van der Waals surface area contributed by atoms with E-state index in [0.29, 0.717) is 17.4 Å². The maximum absolute atomic E-state index is 12.2. The van der Waals surface area contributed by atoms with Crippen LogP contribution in [0.2, 0.25) is 0 Å². The molecule has 0 spiro atoms. The summed E-state index contributed by atoms with van der Waals surface area (Å²) in [4.78, 5) is 23.5. The molecule has 0 aliphatic heterocycles. The van der Waals surface area contributed by atoms with Crippen LogP contribution in [0.3, 0.4) is 0 Å². The number of carbonyl (C=O) groups is 2. The summed E-state index contributed by atoms with van der Waals surface area (Å²) in [5, 5.41) is 2.96. The minimum Gasteiger partial charge on any atom is -0.326 e. The largest absolute Gasteiger partial charge is 0.326 e. The van der Waals surface area contributed by atoms with Crippen molar-refractivity contribution in [1.82, 2.24) is 0 Å². The van der Waals surface area contributed by atoms with Crippen LogP contribution in [0, 0.1) is 17.8 Å². The maximum atomic E-state index is 12.2. The number of rotatable bonds is 3. The van der Waals surface area contributed by atoms with Crippen LogP contribution in [0.1, 0.15) is 43.0 Å². The van der Waals surface area contributed by atoms with Gasteiger partial charge in [-0.2, -0.15) is 0 Å². The number of ketones is 1. The van der Waals surface area contributed by atoms with Crippen molar-refractivity contribution in [3.8, 4) is 0 Å². The quantitative estimate of drug-likeness (QED) is 0.845. The Hall–Kier alpha value is -1.64. The Morgan fingerprint density at radius 3 is 2.47 bits per heavy atom. The molecule has 0 radical (unpaired) electrons. The Labute approximate surface area is 113 Å². The molecule has 0 bridgehead atoms. The molecule has 2 saturated carbocycles. The van der Waals surface area contributed by atoms with Crippen LogP contribution in [0.5, 0.6) is 0 Å². The fourth-order valence-electron chi connectivity index (χ4n) is 3.42. The van der Waals surface area contributed by atoms with Gasteiger partial charge in [0.2, 0.25) is 5.91 Å². The van der Waals surface area contributed by atoms with E-state index in [-0.39, 0.29) is 17.6 Å². The topological polar surface area (TPSA) is 46.2 Å². The van der Waals surface area contributed by atoms with Gasteiger partial charge in [-0.25, -0.2) is 0 Å². The molecule has 3 nitrogen and oxygen atoms in total. The zero-order valence-corrected chi connectivity index (χ0v) is 11.2. The highest BCUT2D eigenvalue weighted by atomic mass is 16.2. The van der Waals surface area contributed by atoms with Gasteiger partial charge in [-0.05, 0) is 43.7 Å². The first-order valence-corrected chi connectivity index (χ1v) is 7.08. The zero-order chi connectivity index (χ0) is 13.4. The molecular weight excluding hydrogens is 238 g/mol. The standard InChI is InChI=1S/C16H19NO2/c1-10(18)11-5-4-6-12(9-11)17-16(19)15-13-7-2-3-8-14(13)15/h4-6,9,13-15H,2-3,7-8H2,1H3,(H,17,19)/t13-,14+,15?. The van der Waals surface area contributed by atoms with Gasteiger partial charge in [0, 0.05) is 17.2 Å². The summed E-state index contributed by atoms with van der Waals surface area (Å²) in [6.45, 7) is 1.54. The number of Topliss-reactive ketones (excluding diaryl/α,β-unsaturated/α-hetero) is 1. The van der Waals surface area contributed by atoms with Crippen LogP contribution < -0.4 is 5.32 Å². The number of hydrogen-bond acceptors (Lipinski definition) is 2. The van der Waals surface area contributed by atoms with Gasteiger partial charge in [-0.1, -0.05) is 25.0 Å². The predicted molar refractivity (Wildman–Crippen MR) is 74.0 cm³/mol. The summed E-state index contributed by atoms with van der Waals surface area (Å²) in [5.41, 5.74) is 1.38. The highest BCUT2D eigenvalue weighted by Crippen LogP contribution is 2.55. The van der Waals surface area contributed by atoms with Crippen molar-refractivity contribution in [2.75, 3.05) is 5.32 Å². The maximum Gasteiger partial charge on any atom is 0.228 e. The first-order valence-electron chi connectivity index (χ1n) is 7.08. The number of carbonyl (C=O) groups excluding carboxylic acids is 2. The van der Waals surface area contributed by atoms with Gasteiger partial charge >= 0.3 is 0 Å². The number of fused-ring (bicyclic) bond motifs is 1. The van der Waals surface area contributed by atoms with E-state index in [0.717, 1.165) is 5.69 Å². The van der Waals surface area contributed by atoms with E-state index in [1.165, 1.54) is 32.6 Å². The zero-order valence-electron chi connectivity index (χ0n) is 11.2. The Morgan fingerprint density at radius 2 is 1.84 bits per heavy atom. The number of hydrogen-bond donors (Lipinski definition) is 1. The molecule has 1 N–H and O–H groups in total. The van der Waals surface area contributed by atoms with Gasteiger partial charge < -0.3 is 5.32 Å². The van der Waals surface area contributed by atoms with Crippen LogP contribution in [0.25, 0.3) is 0 Å². The highest BCUT2D eigenvalue weighted by Gasteiger charge is 2.54. The lowest BCUT2D eigenvalue weighted by Crippen LogP contribution is -2.15. The van der Waals surface area contributed by atoms with E-state index in [1.807, 2.05) is 12.1 Å². The third kappa shape index (κ3) is 2.42. The van der Waals surface area contributed by atoms with E-state index in [9.17, 15) is 9.59 Å². The summed E-state index contributed by atoms with van der Waals surface area (Å²) >= 11 is 0. The Kier molecular flexibility index (Phi) is 3.13. The first kappa shape index (κ1) is 12.4. The second-order valence-corrected chi connectivity index (χ2v) is 5.76. The second-order valence-electron chi connectivity index (χ2n) is 5.76. The summed E-state index contributed by atoms with van der Waals surface area (Å²) in [6.07, 6.45) is 4.95. The molecule has 19 heavy (non-hydrogen) atoms. The highest BCUT2D eigenvalue weighted by molar-refractivity contribution is 5.98. The van der Waals surface area contributed by atoms with Crippen molar-refractivity contribution in [2.45, 2.75) is 32.6 Å². The predicted octanol–water partition coefficient (Wildman–Crippen LogP) is 3.26. The summed E-state index contributed by atoms with van der Waals surface area (Å²) in [6, 6.07) is 7.18. The molecule has 3 rings (SSSR count). The van der Waals surface area contributed by atoms with Crippen LogP contribution >= 0.6 is 0 Å². The third-order valence-corrected chi connectivity index (χ3v) is 4.50. The van der Waals surface area contributed by atoms with Crippen molar-refractivity contribution in [3.63, 3.8) is 0 Å². The van der Waals surface area contributed by atoms with E-state index in [1.54, 1.807) is 12.1 Å². The molecule has 0 heterocycles. The van der Waals surface area contributed by atoms with E-state index >= 15 is 0 Å². The van der Waals surface area contributed by atoms with Crippen molar-refractivity contribution in [1.29, 1.82) is 0 Å². The lowest BCUT2D eigenvalue weighted by molar-refractivity contribution is -0.117. The fraction of sp³-hybridized carbons (Fsp3) is 0.500. The van der Waals surface area contributed by atoms with Crippen molar-refractivity contribution in [3.05, 3.63) is 29.8 Å². The monoisotopic (exact) mass is 257 g/mol. The molecule has 2 fully saturated rings. The van der Waals surface area contributed by atoms with Gasteiger partial charge in [0.1, 0.15) is 0 Å². The summed E-state index contributed by atoms with van der Waals surface area (Å²) in [5.74, 6) is 1.60. The average molecular weight is 257 g/mol. The van der Waals surface area contributed by atoms with Gasteiger partial charge in [-0.15, -0.1) is 0 Å². The Morgan fingerprint density at radius 1 is 1.16 bits per heavy atom. The van der Waals surface area contributed by atoms with Crippen molar-refractivity contribution in [2.24, 2.45) is 17.8 Å². The summed E-state index contributed by atoms with van der Waals surface area (Å²) < 4.78 is 0. The molecule has 1 unspecified atom stereocenters. The third-order valence-electron chi connectivity index (χ3n) is 4.50. The van der Waals surface area contributed by atoms with E-state index in [2.05, 4.69) is 5.32 Å². The van der Waals surface area contributed by atoms with Gasteiger partial charge in [-0.3, -0.25) is 9.59 Å². The average Bonchev–Trinajstić information content (AvgIpc) is 3.13. The molecule has 3 atom stereocenters. The van der Waals surface area contributed by atoms with Gasteiger partial charge in [0.15, 0.2) is 5.78 Å². The van der Waals surface area contributed by atoms with Gasteiger partial charge in [0.05, 0.1) is 0 Å². The molecule has 3 heteroatoms. The Bertz CT molecular complexity index is 511. The lowest BCUT2D eigenvalue weighted by Gasteiger charge is -2.06. The van der Waals surface area contributed by atoms with Crippen LogP contribution in [0.4, 0.5) is 5.69 Å². The molecule has 0 aromatic heterocycles. The number of nitrogens with one attached hydrogen (secondary N) is 1. The molecule has 0 saturated heterocycles. The lowest BCUT2D eigenvalue weighted by atomic mass is 10.0. The van der Waals surface area contributed by atoms with Crippen LogP contribution in [-0.2, 0) is 4.79 Å². The molecule has 100 valence electrons. The smallest absolute Gasteiger partial charge is 0.228 e. The Balaban J connectivity index is 1.67. The molecule has 1 aromatic rings. The molecule has 1 aromatic carbocycles. The second kappa shape index (κ2) is 4.80. The van der Waals surface area contributed by atoms with Crippen LogP contribution in [-0.4, -0.2) is 11.7 Å². The minimum absolute atomic E-state index is 0.0243. The number of benzene rings is 1. The van der Waals surface area contributed by atoms with Gasteiger partial charge in [0.25, 0.3) is 0 Å². The SMILES string of the molecule is CC(=O)c1cccc(NC(=O)C2[C@H]3CCCC[C@@H]23)c1. The number of amides is 1. The van der Waals surface area contributed by atoms with Crippen molar-refractivity contribution >= 4 is 17.4 Å². The minimum atomic E-state index is 0.0243. The molecular formula is C16H19NO2. The number of anilines is 1. The first-order chi connectivity index (χ1) is 9.16.